The zero-order valence-electron chi connectivity index (χ0n) is 15.2. The molecule has 0 saturated carbocycles. The number of benzene rings is 2. The van der Waals surface area contributed by atoms with Crippen molar-refractivity contribution in [1.29, 1.82) is 0 Å². The van der Waals surface area contributed by atoms with E-state index in [0.29, 0.717) is 0 Å². The lowest BCUT2D eigenvalue weighted by Crippen LogP contribution is -2.52. The Kier molecular flexibility index (Phi) is 4.41. The van der Waals surface area contributed by atoms with Crippen LogP contribution in [-0.4, -0.2) is 24.7 Å². The van der Waals surface area contributed by atoms with Crippen LogP contribution in [0.3, 0.4) is 0 Å². The first-order valence-corrected chi connectivity index (χ1v) is 8.97. The molecule has 0 fully saturated rings. The third-order valence-electron chi connectivity index (χ3n) is 5.18. The molecule has 1 aliphatic carbocycles. The summed E-state index contributed by atoms with van der Waals surface area (Å²) in [6, 6.07) is 16.7. The molecule has 0 unspecified atom stereocenters. The number of nitrogens with one attached hydrogen (secondary N) is 2. The molecule has 3 aromatic rings. The van der Waals surface area contributed by atoms with Gasteiger partial charge in [0.1, 0.15) is 0 Å². The van der Waals surface area contributed by atoms with Gasteiger partial charge in [0.2, 0.25) is 0 Å². The standard InChI is InChI=1S/C23H23N3/c1-24-23(25-2)15-13-17(14-16-23)11-12-18-19-7-3-5-9-21(19)26-22-10-6-4-8-20(18)22/h3-15,24-25H,16H2,1-2H3. The molecular formula is C23H23N3. The van der Waals surface area contributed by atoms with Crippen molar-refractivity contribution < 1.29 is 0 Å². The van der Waals surface area contributed by atoms with Crippen molar-refractivity contribution in [3.63, 3.8) is 0 Å². The Hall–Kier alpha value is -2.75. The normalized spacial score (nSPS) is 16.5. The Bertz CT molecular complexity index is 986. The number of pyridine rings is 1. The Labute approximate surface area is 154 Å². The average Bonchev–Trinajstić information content (AvgIpc) is 2.71. The van der Waals surface area contributed by atoms with E-state index in [0.717, 1.165) is 17.5 Å². The maximum atomic E-state index is 4.80. The fraction of sp³-hybridized carbons (Fsp3) is 0.174. The summed E-state index contributed by atoms with van der Waals surface area (Å²) in [4.78, 5) is 4.80. The molecule has 0 saturated heterocycles. The topological polar surface area (TPSA) is 37.0 Å². The van der Waals surface area contributed by atoms with Crippen LogP contribution in [0.4, 0.5) is 0 Å². The molecular weight excluding hydrogens is 318 g/mol. The predicted octanol–water partition coefficient (Wildman–Crippen LogP) is 4.42. The summed E-state index contributed by atoms with van der Waals surface area (Å²) in [6.07, 6.45) is 11.9. The van der Waals surface area contributed by atoms with Crippen molar-refractivity contribution >= 4 is 27.9 Å². The van der Waals surface area contributed by atoms with E-state index in [-0.39, 0.29) is 5.66 Å². The minimum absolute atomic E-state index is 0.145. The number of likely N-dealkylation sites (N-methyl/N-ethyl adjacent to an activating group) is 2. The quantitative estimate of drug-likeness (QED) is 0.545. The van der Waals surface area contributed by atoms with Crippen LogP contribution >= 0.6 is 0 Å². The highest BCUT2D eigenvalue weighted by atomic mass is 15.2. The monoisotopic (exact) mass is 341 g/mol. The second kappa shape index (κ2) is 6.87. The molecule has 0 atom stereocenters. The zero-order chi connectivity index (χ0) is 18.0. The van der Waals surface area contributed by atoms with E-state index in [1.165, 1.54) is 21.9 Å². The molecule has 1 aliphatic rings. The first-order chi connectivity index (χ1) is 12.7. The van der Waals surface area contributed by atoms with Gasteiger partial charge in [-0.15, -0.1) is 0 Å². The molecule has 1 heterocycles. The molecule has 26 heavy (non-hydrogen) atoms. The van der Waals surface area contributed by atoms with Crippen LogP contribution in [0.2, 0.25) is 0 Å². The molecule has 3 heteroatoms. The first-order valence-electron chi connectivity index (χ1n) is 8.97. The fourth-order valence-corrected chi connectivity index (χ4v) is 3.50. The summed E-state index contributed by atoms with van der Waals surface area (Å²) in [7, 11) is 3.95. The van der Waals surface area contributed by atoms with Gasteiger partial charge >= 0.3 is 0 Å². The van der Waals surface area contributed by atoms with E-state index in [4.69, 9.17) is 4.98 Å². The SMILES string of the molecule is CNC1(NC)C=CC(C=Cc2c3ccccc3nc3ccccc23)=CC1. The maximum absolute atomic E-state index is 4.80. The van der Waals surface area contributed by atoms with E-state index in [1.807, 2.05) is 26.2 Å². The molecule has 0 aliphatic heterocycles. The number of hydrogen-bond acceptors (Lipinski definition) is 3. The van der Waals surface area contributed by atoms with Crippen molar-refractivity contribution in [3.8, 4) is 0 Å². The van der Waals surface area contributed by atoms with Gasteiger partial charge in [-0.2, -0.15) is 0 Å². The summed E-state index contributed by atoms with van der Waals surface area (Å²) in [6.45, 7) is 0. The zero-order valence-corrected chi connectivity index (χ0v) is 15.2. The van der Waals surface area contributed by atoms with Crippen LogP contribution < -0.4 is 10.6 Å². The lowest BCUT2D eigenvalue weighted by atomic mass is 9.95. The van der Waals surface area contributed by atoms with Gasteiger partial charge in [-0.25, -0.2) is 4.98 Å². The summed E-state index contributed by atoms with van der Waals surface area (Å²) >= 11 is 0. The second-order valence-electron chi connectivity index (χ2n) is 6.61. The highest BCUT2D eigenvalue weighted by Gasteiger charge is 2.23. The van der Waals surface area contributed by atoms with E-state index >= 15 is 0 Å². The Balaban J connectivity index is 1.76. The van der Waals surface area contributed by atoms with Gasteiger partial charge in [-0.05, 0) is 43.4 Å². The minimum Gasteiger partial charge on any atom is -0.299 e. The van der Waals surface area contributed by atoms with E-state index in [1.54, 1.807) is 0 Å². The largest absolute Gasteiger partial charge is 0.299 e. The van der Waals surface area contributed by atoms with Gasteiger partial charge in [0.05, 0.1) is 16.7 Å². The summed E-state index contributed by atoms with van der Waals surface area (Å²) < 4.78 is 0. The third-order valence-corrected chi connectivity index (χ3v) is 5.18. The number of fused-ring (bicyclic) bond motifs is 2. The van der Waals surface area contributed by atoms with Crippen molar-refractivity contribution in [2.75, 3.05) is 14.1 Å². The number of hydrogen-bond donors (Lipinski definition) is 2. The molecule has 0 bridgehead atoms. The van der Waals surface area contributed by atoms with Gasteiger partial charge in [0.15, 0.2) is 0 Å². The van der Waals surface area contributed by atoms with Crippen molar-refractivity contribution in [2.45, 2.75) is 12.1 Å². The summed E-state index contributed by atoms with van der Waals surface area (Å²) in [5.74, 6) is 0. The molecule has 130 valence electrons. The molecule has 0 spiro atoms. The number of nitrogens with zero attached hydrogens (tertiary/aromatic N) is 1. The highest BCUT2D eigenvalue weighted by Crippen LogP contribution is 2.28. The Morgan fingerprint density at radius 3 is 2.04 bits per heavy atom. The molecule has 2 N–H and O–H groups in total. The van der Waals surface area contributed by atoms with Gasteiger partial charge in [0, 0.05) is 17.2 Å². The molecule has 0 radical (unpaired) electrons. The second-order valence-corrected chi connectivity index (χ2v) is 6.61. The lowest BCUT2D eigenvalue weighted by Gasteiger charge is -2.31. The van der Waals surface area contributed by atoms with Gasteiger partial charge in [-0.3, -0.25) is 10.6 Å². The maximum Gasteiger partial charge on any atom is 0.0912 e. The van der Waals surface area contributed by atoms with Crippen LogP contribution in [0.5, 0.6) is 0 Å². The summed E-state index contributed by atoms with van der Waals surface area (Å²) in [5.41, 5.74) is 4.36. The minimum atomic E-state index is -0.145. The molecule has 3 nitrogen and oxygen atoms in total. The predicted molar refractivity (Wildman–Crippen MR) is 111 cm³/mol. The molecule has 0 amide bonds. The van der Waals surface area contributed by atoms with E-state index in [9.17, 15) is 0 Å². The molecule has 1 aromatic heterocycles. The van der Waals surface area contributed by atoms with Crippen molar-refractivity contribution in [3.05, 3.63) is 84.0 Å². The van der Waals surface area contributed by atoms with Crippen LogP contribution in [0.25, 0.3) is 27.9 Å². The highest BCUT2D eigenvalue weighted by molar-refractivity contribution is 6.02. The number of para-hydroxylation sites is 2. The number of rotatable bonds is 4. The Morgan fingerprint density at radius 1 is 0.885 bits per heavy atom. The fourth-order valence-electron chi connectivity index (χ4n) is 3.50. The van der Waals surface area contributed by atoms with E-state index < -0.39 is 0 Å². The third kappa shape index (κ3) is 2.96. The van der Waals surface area contributed by atoms with Gasteiger partial charge < -0.3 is 0 Å². The van der Waals surface area contributed by atoms with Gasteiger partial charge in [-0.1, -0.05) is 60.7 Å². The van der Waals surface area contributed by atoms with Gasteiger partial charge in [0.25, 0.3) is 0 Å². The molecule has 2 aromatic carbocycles. The van der Waals surface area contributed by atoms with E-state index in [2.05, 4.69) is 77.4 Å². The number of aromatic nitrogens is 1. The van der Waals surface area contributed by atoms with Crippen LogP contribution in [-0.2, 0) is 0 Å². The summed E-state index contributed by atoms with van der Waals surface area (Å²) in [5, 5.41) is 9.04. The number of allylic oxidation sites excluding steroid dienone is 3. The smallest absolute Gasteiger partial charge is 0.0912 e. The lowest BCUT2D eigenvalue weighted by molar-refractivity contribution is 0.376. The van der Waals surface area contributed by atoms with Crippen LogP contribution in [0, 0.1) is 0 Å². The molecule has 4 rings (SSSR count). The average molecular weight is 341 g/mol. The van der Waals surface area contributed by atoms with Crippen molar-refractivity contribution in [2.24, 2.45) is 0 Å². The first kappa shape index (κ1) is 16.7. The van der Waals surface area contributed by atoms with Crippen LogP contribution in [0.15, 0.2) is 78.4 Å². The Morgan fingerprint density at radius 2 is 1.50 bits per heavy atom. The van der Waals surface area contributed by atoms with Crippen molar-refractivity contribution in [1.82, 2.24) is 15.6 Å². The van der Waals surface area contributed by atoms with Crippen LogP contribution in [0.1, 0.15) is 12.0 Å².